The highest BCUT2D eigenvalue weighted by Crippen LogP contribution is 2.40. The summed E-state index contributed by atoms with van der Waals surface area (Å²) in [5.74, 6) is -0.631. The summed E-state index contributed by atoms with van der Waals surface area (Å²) in [6.07, 6.45) is -0.797. The Hall–Kier alpha value is -3.55. The number of piperazine rings is 1. The second kappa shape index (κ2) is 9.24. The summed E-state index contributed by atoms with van der Waals surface area (Å²) < 4.78 is 40.3. The smallest absolute Gasteiger partial charge is 0.368 e. The molecule has 3 heterocycles. The lowest BCUT2D eigenvalue weighted by molar-refractivity contribution is -0.137. The number of hydrogen-bond donors (Lipinski definition) is 1. The van der Waals surface area contributed by atoms with Gasteiger partial charge in [0.1, 0.15) is 0 Å². The topological polar surface area (TPSA) is 48.5 Å². The molecule has 8 heteroatoms. The monoisotopic (exact) mass is 480 g/mol. The van der Waals surface area contributed by atoms with E-state index in [2.05, 4.69) is 44.4 Å². The summed E-state index contributed by atoms with van der Waals surface area (Å²) in [7, 11) is 0. The maximum absolute atomic E-state index is 13.4. The minimum atomic E-state index is -4.42. The van der Waals surface area contributed by atoms with E-state index in [1.54, 1.807) is 24.5 Å². The van der Waals surface area contributed by atoms with Gasteiger partial charge >= 0.3 is 6.18 Å². The van der Waals surface area contributed by atoms with Crippen LogP contribution in [0, 0.1) is 12.8 Å². The zero-order valence-electron chi connectivity index (χ0n) is 19.4. The minimum Gasteiger partial charge on any atom is -0.368 e. The van der Waals surface area contributed by atoms with Crippen LogP contribution in [0.1, 0.15) is 22.3 Å². The molecule has 0 bridgehead atoms. The van der Waals surface area contributed by atoms with Gasteiger partial charge in [-0.2, -0.15) is 13.2 Å². The summed E-state index contributed by atoms with van der Waals surface area (Å²) in [5.41, 5.74) is 3.82. The van der Waals surface area contributed by atoms with Gasteiger partial charge in [0.05, 0.1) is 17.5 Å². The highest BCUT2D eigenvalue weighted by molar-refractivity contribution is 5.82. The molecule has 5 nitrogen and oxygen atoms in total. The van der Waals surface area contributed by atoms with Gasteiger partial charge in [0.2, 0.25) is 5.91 Å². The molecule has 1 saturated heterocycles. The molecule has 0 radical (unpaired) electrons. The van der Waals surface area contributed by atoms with E-state index in [0.717, 1.165) is 29.5 Å². The van der Waals surface area contributed by atoms with E-state index >= 15 is 0 Å². The summed E-state index contributed by atoms with van der Waals surface area (Å²) in [5, 5.41) is 2.99. The third-order valence-corrected chi connectivity index (χ3v) is 6.96. The van der Waals surface area contributed by atoms with Crippen molar-refractivity contribution in [2.45, 2.75) is 32.1 Å². The number of aromatic nitrogens is 1. The molecule has 1 fully saturated rings. The summed E-state index contributed by atoms with van der Waals surface area (Å²) in [6.45, 7) is 4.34. The molecule has 0 spiro atoms. The second-order valence-corrected chi connectivity index (χ2v) is 9.27. The van der Waals surface area contributed by atoms with Gasteiger partial charge < -0.3 is 15.1 Å². The number of carbonyl (C=O) groups excluding carboxylic acids is 1. The van der Waals surface area contributed by atoms with Gasteiger partial charge in [-0.05, 0) is 60.9 Å². The van der Waals surface area contributed by atoms with Crippen LogP contribution in [0.3, 0.4) is 0 Å². The fourth-order valence-corrected chi connectivity index (χ4v) is 5.11. The van der Waals surface area contributed by atoms with Crippen molar-refractivity contribution < 1.29 is 18.0 Å². The lowest BCUT2D eigenvalue weighted by Crippen LogP contribution is -2.61. The Morgan fingerprint density at radius 3 is 2.63 bits per heavy atom. The van der Waals surface area contributed by atoms with Crippen molar-refractivity contribution in [3.05, 3.63) is 89.2 Å². The Labute approximate surface area is 202 Å². The Bertz CT molecular complexity index is 1200. The summed E-state index contributed by atoms with van der Waals surface area (Å²) in [6, 6.07) is 15.7. The predicted molar refractivity (Wildman–Crippen MR) is 129 cm³/mol. The first-order chi connectivity index (χ1) is 16.8. The van der Waals surface area contributed by atoms with Crippen molar-refractivity contribution in [3.63, 3.8) is 0 Å². The average molecular weight is 481 g/mol. The number of anilines is 2. The van der Waals surface area contributed by atoms with Gasteiger partial charge in [0.25, 0.3) is 0 Å². The average Bonchev–Trinajstić information content (AvgIpc) is 2.86. The Morgan fingerprint density at radius 2 is 1.91 bits per heavy atom. The van der Waals surface area contributed by atoms with Gasteiger partial charge in [0, 0.05) is 49.9 Å². The number of hydrogen-bond acceptors (Lipinski definition) is 4. The van der Waals surface area contributed by atoms with Gasteiger partial charge in [-0.25, -0.2) is 0 Å². The number of carbonyl (C=O) groups is 1. The zero-order chi connectivity index (χ0) is 24.6. The van der Waals surface area contributed by atoms with E-state index in [1.165, 1.54) is 11.6 Å². The number of amides is 1. The van der Waals surface area contributed by atoms with Crippen LogP contribution in [-0.4, -0.2) is 36.6 Å². The number of aryl methyl sites for hydroxylation is 1. The van der Waals surface area contributed by atoms with Crippen molar-refractivity contribution in [1.82, 2.24) is 10.3 Å². The van der Waals surface area contributed by atoms with Crippen LogP contribution in [0.2, 0.25) is 0 Å². The molecule has 2 aliphatic rings. The van der Waals surface area contributed by atoms with Crippen molar-refractivity contribution in [3.8, 4) is 0 Å². The predicted octanol–water partition coefficient (Wildman–Crippen LogP) is 4.59. The standard InChI is InChI=1S/C27H27F3N4O/c1-18-4-7-22(8-5-18)33-11-12-34-24-9-6-21(27(28,29)30)13-20(24)14-23(25(34)17-33)26(35)32-16-19-3-2-10-31-15-19/h2-10,13,15,23,25H,11-12,14,16-17H2,1H3,(H,32,35)/t23-,25-/m1/s1. The molecular formula is C27H27F3N4O. The number of halogens is 3. The minimum absolute atomic E-state index is 0.150. The Kier molecular flexibility index (Phi) is 6.13. The van der Waals surface area contributed by atoms with Gasteiger partial charge in [-0.15, -0.1) is 0 Å². The largest absolute Gasteiger partial charge is 0.416 e. The second-order valence-electron chi connectivity index (χ2n) is 9.27. The van der Waals surface area contributed by atoms with E-state index in [0.29, 0.717) is 25.2 Å². The molecule has 0 unspecified atom stereocenters. The molecule has 5 rings (SSSR count). The van der Waals surface area contributed by atoms with Crippen molar-refractivity contribution in [2.24, 2.45) is 5.92 Å². The number of nitrogens with zero attached hydrogens (tertiary/aromatic N) is 3. The Balaban J connectivity index is 1.44. The van der Waals surface area contributed by atoms with Gasteiger partial charge in [-0.3, -0.25) is 9.78 Å². The molecule has 1 aromatic heterocycles. The quantitative estimate of drug-likeness (QED) is 0.594. The summed E-state index contributed by atoms with van der Waals surface area (Å²) in [4.78, 5) is 21.9. The number of pyridine rings is 1. The number of alkyl halides is 3. The first kappa shape index (κ1) is 23.2. The Morgan fingerprint density at radius 1 is 1.11 bits per heavy atom. The third kappa shape index (κ3) is 4.83. The van der Waals surface area contributed by atoms with Crippen LogP contribution >= 0.6 is 0 Å². The maximum atomic E-state index is 13.4. The first-order valence-corrected chi connectivity index (χ1v) is 11.7. The lowest BCUT2D eigenvalue weighted by Gasteiger charge is -2.49. The number of benzene rings is 2. The van der Waals surface area contributed by atoms with Crippen LogP contribution in [0.4, 0.5) is 24.5 Å². The zero-order valence-corrected chi connectivity index (χ0v) is 19.4. The van der Waals surface area contributed by atoms with Crippen LogP contribution < -0.4 is 15.1 Å². The molecule has 1 amide bonds. The molecule has 35 heavy (non-hydrogen) atoms. The molecule has 2 aliphatic heterocycles. The molecule has 182 valence electrons. The molecule has 2 aromatic carbocycles. The fourth-order valence-electron chi connectivity index (χ4n) is 5.11. The molecule has 3 aromatic rings. The SMILES string of the molecule is Cc1ccc(N2CCN3c4ccc(C(F)(F)F)cc4C[C@@H](C(=O)NCc4cccnc4)[C@H]3C2)cc1. The fraction of sp³-hybridized carbons (Fsp3) is 0.333. The van der Waals surface area contributed by atoms with Crippen LogP contribution in [0.25, 0.3) is 0 Å². The van der Waals surface area contributed by atoms with Gasteiger partial charge in [0.15, 0.2) is 0 Å². The number of nitrogens with one attached hydrogen (secondary N) is 1. The van der Waals surface area contributed by atoms with E-state index in [4.69, 9.17) is 0 Å². The van der Waals surface area contributed by atoms with Gasteiger partial charge in [-0.1, -0.05) is 23.8 Å². The van der Waals surface area contributed by atoms with Crippen molar-refractivity contribution in [2.75, 3.05) is 29.4 Å². The van der Waals surface area contributed by atoms with E-state index in [-0.39, 0.29) is 18.4 Å². The molecular weight excluding hydrogens is 453 g/mol. The highest BCUT2D eigenvalue weighted by Gasteiger charge is 2.42. The van der Waals surface area contributed by atoms with Crippen LogP contribution in [-0.2, 0) is 23.9 Å². The summed E-state index contributed by atoms with van der Waals surface area (Å²) >= 11 is 0. The number of rotatable bonds is 4. The van der Waals surface area contributed by atoms with Crippen LogP contribution in [0.5, 0.6) is 0 Å². The van der Waals surface area contributed by atoms with E-state index in [1.807, 2.05) is 13.0 Å². The molecule has 0 aliphatic carbocycles. The first-order valence-electron chi connectivity index (χ1n) is 11.7. The van der Waals surface area contributed by atoms with Crippen molar-refractivity contribution >= 4 is 17.3 Å². The maximum Gasteiger partial charge on any atom is 0.416 e. The lowest BCUT2D eigenvalue weighted by atomic mass is 9.82. The van der Waals surface area contributed by atoms with Crippen LogP contribution in [0.15, 0.2) is 67.0 Å². The third-order valence-electron chi connectivity index (χ3n) is 6.96. The molecule has 1 N–H and O–H groups in total. The van der Waals surface area contributed by atoms with Crippen molar-refractivity contribution in [1.29, 1.82) is 0 Å². The van der Waals surface area contributed by atoms with E-state index < -0.39 is 17.7 Å². The number of fused-ring (bicyclic) bond motifs is 3. The highest BCUT2D eigenvalue weighted by atomic mass is 19.4. The molecule has 0 saturated carbocycles. The van der Waals surface area contributed by atoms with E-state index in [9.17, 15) is 18.0 Å². The normalized spacial score (nSPS) is 19.7. The molecule has 2 atom stereocenters.